The Labute approximate surface area is 185 Å². The van der Waals surface area contributed by atoms with Gasteiger partial charge in [-0.2, -0.15) is 0 Å². The van der Waals surface area contributed by atoms with E-state index in [9.17, 15) is 0 Å². The van der Waals surface area contributed by atoms with E-state index in [0.717, 1.165) is 82.4 Å². The van der Waals surface area contributed by atoms with E-state index < -0.39 is 0 Å². The number of nitrogens with zero attached hydrogens (tertiary/aromatic N) is 6. The zero-order valence-corrected chi connectivity index (χ0v) is 19.5. The van der Waals surface area contributed by atoms with E-state index in [-0.39, 0.29) is 24.0 Å². The molecule has 0 amide bonds. The summed E-state index contributed by atoms with van der Waals surface area (Å²) in [5.41, 5.74) is 0. The van der Waals surface area contributed by atoms with Crippen LogP contribution in [-0.2, 0) is 17.7 Å². The Bertz CT molecular complexity index is 659. The Balaban J connectivity index is 0.00000225. The minimum Gasteiger partial charge on any atom is -0.379 e. The monoisotopic (exact) mass is 503 g/mol. The minimum atomic E-state index is 0. The van der Waals surface area contributed by atoms with Crippen molar-refractivity contribution in [3.63, 3.8) is 0 Å². The van der Waals surface area contributed by atoms with Crippen LogP contribution in [0.2, 0.25) is 0 Å². The Hall–Kier alpha value is -0.940. The highest BCUT2D eigenvalue weighted by Gasteiger charge is 2.28. The van der Waals surface area contributed by atoms with Crippen molar-refractivity contribution in [3.05, 3.63) is 11.6 Å². The molecule has 0 bridgehead atoms. The number of hydrogen-bond donors (Lipinski definition) is 1. The van der Waals surface area contributed by atoms with E-state index >= 15 is 0 Å². The van der Waals surface area contributed by atoms with Crippen molar-refractivity contribution >= 4 is 29.9 Å². The van der Waals surface area contributed by atoms with Crippen LogP contribution >= 0.6 is 24.0 Å². The molecular weight excluding hydrogens is 469 g/mol. The molecule has 2 fully saturated rings. The lowest BCUT2D eigenvalue weighted by atomic mass is 9.99. The number of ether oxygens (including phenoxy) is 1. The maximum Gasteiger partial charge on any atom is 0.193 e. The fourth-order valence-corrected chi connectivity index (χ4v) is 4.59. The van der Waals surface area contributed by atoms with Gasteiger partial charge in [0.1, 0.15) is 11.6 Å². The second-order valence-electron chi connectivity index (χ2n) is 8.12. The number of aryl methyl sites for hydroxylation is 2. The lowest BCUT2D eigenvalue weighted by molar-refractivity contribution is 0.0315. The molecule has 4 rings (SSSR count). The first kappa shape index (κ1) is 21.8. The number of aliphatic imine (C=N–C) groups is 1. The summed E-state index contributed by atoms with van der Waals surface area (Å²) >= 11 is 0. The van der Waals surface area contributed by atoms with Gasteiger partial charge in [-0.25, -0.2) is 0 Å². The summed E-state index contributed by atoms with van der Waals surface area (Å²) in [7, 11) is 1.90. The van der Waals surface area contributed by atoms with Crippen molar-refractivity contribution in [2.75, 3.05) is 59.5 Å². The molecule has 3 aliphatic heterocycles. The molecule has 0 radical (unpaired) electrons. The van der Waals surface area contributed by atoms with Crippen LogP contribution in [0.1, 0.15) is 24.5 Å². The molecule has 158 valence electrons. The molecule has 2 atom stereocenters. The van der Waals surface area contributed by atoms with E-state index in [1.54, 1.807) is 0 Å². The third kappa shape index (κ3) is 5.15. The van der Waals surface area contributed by atoms with Gasteiger partial charge in [0, 0.05) is 59.3 Å². The Kier molecular flexibility index (Phi) is 7.93. The number of halogens is 1. The summed E-state index contributed by atoms with van der Waals surface area (Å²) in [6.45, 7) is 11.4. The summed E-state index contributed by atoms with van der Waals surface area (Å²) in [6, 6.07) is 0. The lowest BCUT2D eigenvalue weighted by Gasteiger charge is -2.29. The largest absolute Gasteiger partial charge is 0.379 e. The van der Waals surface area contributed by atoms with Gasteiger partial charge in [0.15, 0.2) is 5.96 Å². The molecule has 0 aromatic carbocycles. The van der Waals surface area contributed by atoms with E-state index in [2.05, 4.69) is 34.9 Å². The third-order valence-corrected chi connectivity index (χ3v) is 6.20. The molecule has 28 heavy (non-hydrogen) atoms. The highest BCUT2D eigenvalue weighted by atomic mass is 127. The lowest BCUT2D eigenvalue weighted by Crippen LogP contribution is -2.44. The minimum absolute atomic E-state index is 0. The third-order valence-electron chi connectivity index (χ3n) is 6.20. The number of rotatable bonds is 4. The normalized spacial score (nSPS) is 26.1. The summed E-state index contributed by atoms with van der Waals surface area (Å²) < 4.78 is 7.73. The number of fused-ring (bicyclic) bond motifs is 1. The van der Waals surface area contributed by atoms with Crippen LogP contribution in [-0.4, -0.2) is 90.1 Å². The van der Waals surface area contributed by atoms with E-state index in [1.807, 2.05) is 14.0 Å². The molecule has 3 aliphatic rings. The Morgan fingerprint density at radius 1 is 1.14 bits per heavy atom. The van der Waals surface area contributed by atoms with Crippen LogP contribution in [0.5, 0.6) is 0 Å². The first-order valence-corrected chi connectivity index (χ1v) is 10.4. The molecule has 1 aromatic rings. The SMILES string of the molecule is CN=C(NCC1CCc2nnc(C)n2C1)N1CCC(CN2CCOCC2)C1.I. The number of morpholine rings is 1. The summed E-state index contributed by atoms with van der Waals surface area (Å²) in [5.74, 6) is 4.57. The molecule has 1 N–H and O–H groups in total. The standard InChI is InChI=1S/C19H33N7O.HI/c1-15-22-23-18-4-3-16(14-26(15)18)11-21-19(20-2)25-6-5-17(13-25)12-24-7-9-27-10-8-24;/h16-17H,3-14H2,1-2H3,(H,20,21);1H. The number of likely N-dealkylation sites (tertiary alicyclic amines) is 1. The van der Waals surface area contributed by atoms with E-state index in [1.165, 1.54) is 19.4 Å². The van der Waals surface area contributed by atoms with Gasteiger partial charge < -0.3 is 19.5 Å². The van der Waals surface area contributed by atoms with Crippen molar-refractivity contribution in [2.24, 2.45) is 16.8 Å². The molecule has 2 unspecified atom stereocenters. The number of hydrogen-bond acceptors (Lipinski definition) is 5. The van der Waals surface area contributed by atoms with Gasteiger partial charge in [0.25, 0.3) is 0 Å². The average Bonchev–Trinajstić information content (AvgIpc) is 3.30. The molecule has 8 nitrogen and oxygen atoms in total. The smallest absolute Gasteiger partial charge is 0.193 e. The second kappa shape index (κ2) is 10.2. The Morgan fingerprint density at radius 2 is 1.96 bits per heavy atom. The molecule has 9 heteroatoms. The van der Waals surface area contributed by atoms with Gasteiger partial charge in [-0.05, 0) is 31.6 Å². The van der Waals surface area contributed by atoms with Gasteiger partial charge in [0.05, 0.1) is 13.2 Å². The number of guanidine groups is 1. The van der Waals surface area contributed by atoms with Crippen molar-refractivity contribution in [1.29, 1.82) is 0 Å². The van der Waals surface area contributed by atoms with E-state index in [0.29, 0.717) is 5.92 Å². The van der Waals surface area contributed by atoms with Gasteiger partial charge in [-0.15, -0.1) is 34.2 Å². The zero-order valence-electron chi connectivity index (χ0n) is 17.1. The van der Waals surface area contributed by atoms with Gasteiger partial charge >= 0.3 is 0 Å². The molecule has 0 saturated carbocycles. The highest BCUT2D eigenvalue weighted by Crippen LogP contribution is 2.21. The van der Waals surface area contributed by atoms with Crippen molar-refractivity contribution in [2.45, 2.75) is 32.7 Å². The van der Waals surface area contributed by atoms with Crippen LogP contribution in [0.25, 0.3) is 0 Å². The topological polar surface area (TPSA) is 70.8 Å². The Morgan fingerprint density at radius 3 is 2.75 bits per heavy atom. The first-order chi connectivity index (χ1) is 13.2. The quantitative estimate of drug-likeness (QED) is 0.376. The number of nitrogens with one attached hydrogen (secondary N) is 1. The molecule has 1 aromatic heterocycles. The fraction of sp³-hybridized carbons (Fsp3) is 0.842. The maximum absolute atomic E-state index is 5.46. The molecule has 2 saturated heterocycles. The van der Waals surface area contributed by atoms with Crippen molar-refractivity contribution in [1.82, 2.24) is 29.9 Å². The second-order valence-corrected chi connectivity index (χ2v) is 8.12. The molecular formula is C19H34IN7O. The van der Waals surface area contributed by atoms with Gasteiger partial charge in [-0.1, -0.05) is 0 Å². The van der Waals surface area contributed by atoms with Crippen molar-refractivity contribution < 1.29 is 4.74 Å². The summed E-state index contributed by atoms with van der Waals surface area (Å²) in [6.07, 6.45) is 3.45. The number of aromatic nitrogens is 3. The highest BCUT2D eigenvalue weighted by molar-refractivity contribution is 14.0. The van der Waals surface area contributed by atoms with Gasteiger partial charge in [0.2, 0.25) is 0 Å². The summed E-state index contributed by atoms with van der Waals surface area (Å²) in [4.78, 5) is 9.54. The predicted molar refractivity (Wildman–Crippen MR) is 120 cm³/mol. The van der Waals surface area contributed by atoms with Crippen LogP contribution in [0.15, 0.2) is 4.99 Å². The molecule has 0 spiro atoms. The van der Waals surface area contributed by atoms with Crippen LogP contribution in [0.3, 0.4) is 0 Å². The zero-order chi connectivity index (χ0) is 18.6. The van der Waals surface area contributed by atoms with Crippen LogP contribution < -0.4 is 5.32 Å². The first-order valence-electron chi connectivity index (χ1n) is 10.4. The molecule has 0 aliphatic carbocycles. The van der Waals surface area contributed by atoms with Crippen LogP contribution in [0.4, 0.5) is 0 Å². The van der Waals surface area contributed by atoms with Gasteiger partial charge in [-0.3, -0.25) is 9.89 Å². The molecule has 4 heterocycles. The maximum atomic E-state index is 5.46. The average molecular weight is 503 g/mol. The fourth-order valence-electron chi connectivity index (χ4n) is 4.59. The predicted octanol–water partition coefficient (Wildman–Crippen LogP) is 0.996. The van der Waals surface area contributed by atoms with E-state index in [4.69, 9.17) is 4.74 Å². The van der Waals surface area contributed by atoms with Crippen LogP contribution in [0, 0.1) is 18.8 Å². The summed E-state index contributed by atoms with van der Waals surface area (Å²) in [5, 5.41) is 12.1. The van der Waals surface area contributed by atoms with Crippen molar-refractivity contribution in [3.8, 4) is 0 Å².